The first-order valence-corrected chi connectivity index (χ1v) is 8.21. The number of nitrogens with zero attached hydrogens (tertiary/aromatic N) is 2. The van der Waals surface area contributed by atoms with Crippen molar-refractivity contribution >= 4 is 17.6 Å². The Morgan fingerprint density at radius 1 is 1.28 bits per heavy atom. The Hall–Kier alpha value is -2.76. The molecular weight excluding hydrogens is 321 g/mol. The van der Waals surface area contributed by atoms with Gasteiger partial charge in [0.15, 0.2) is 0 Å². The number of piperidine rings is 1. The van der Waals surface area contributed by atoms with Crippen molar-refractivity contribution in [3.05, 3.63) is 59.5 Å². The zero-order valence-corrected chi connectivity index (χ0v) is 14.2. The summed E-state index contributed by atoms with van der Waals surface area (Å²) in [4.78, 5) is 30.8. The predicted octanol–water partition coefficient (Wildman–Crippen LogP) is 3.08. The molecule has 1 N–H and O–H groups in total. The quantitative estimate of drug-likeness (QED) is 0.933. The van der Waals surface area contributed by atoms with Gasteiger partial charge in [0.05, 0.1) is 12.0 Å². The lowest BCUT2D eigenvalue weighted by atomic mass is 9.84. The Labute approximate surface area is 145 Å². The molecule has 130 valence electrons. The van der Waals surface area contributed by atoms with E-state index in [4.69, 9.17) is 0 Å². The fourth-order valence-corrected chi connectivity index (χ4v) is 3.29. The van der Waals surface area contributed by atoms with Crippen LogP contribution in [-0.4, -0.2) is 28.7 Å². The molecule has 1 aliphatic rings. The number of hydrogen-bond acceptors (Lipinski definition) is 3. The fourth-order valence-electron chi connectivity index (χ4n) is 3.29. The van der Waals surface area contributed by atoms with E-state index in [1.54, 1.807) is 25.2 Å². The number of carbonyl (C=O) groups is 2. The third kappa shape index (κ3) is 3.68. The molecule has 1 fully saturated rings. The van der Waals surface area contributed by atoms with Gasteiger partial charge in [0, 0.05) is 19.2 Å². The van der Waals surface area contributed by atoms with Gasteiger partial charge in [-0.2, -0.15) is 0 Å². The number of benzene rings is 1. The fraction of sp³-hybridized carbons (Fsp3) is 0.316. The van der Waals surface area contributed by atoms with Crippen LogP contribution in [0.25, 0.3) is 0 Å². The maximum Gasteiger partial charge on any atom is 0.231 e. The third-order valence-corrected chi connectivity index (χ3v) is 4.53. The predicted molar refractivity (Wildman–Crippen MR) is 92.2 cm³/mol. The Bertz CT molecular complexity index is 809. The van der Waals surface area contributed by atoms with Gasteiger partial charge in [-0.25, -0.2) is 9.37 Å². The molecule has 2 atom stereocenters. The molecule has 2 aromatic rings. The molecule has 3 rings (SSSR count). The first-order chi connectivity index (χ1) is 12.0. The standard InChI is InChI=1S/C19H20FN3O2/c1-12-5-3-8-16(21-12)22-19(25)15-9-10-17(24)23(2)18(15)13-6-4-7-14(20)11-13/h3-8,11,15,18H,9-10H2,1-2H3,(H,21,22,25). The first kappa shape index (κ1) is 17.1. The second-order valence-electron chi connectivity index (χ2n) is 6.30. The zero-order chi connectivity index (χ0) is 18.0. The number of likely N-dealkylation sites (tertiary alicyclic amines) is 1. The average molecular weight is 341 g/mol. The Kier molecular flexibility index (Phi) is 4.79. The van der Waals surface area contributed by atoms with E-state index in [-0.39, 0.29) is 17.6 Å². The van der Waals surface area contributed by atoms with E-state index < -0.39 is 12.0 Å². The number of halogens is 1. The average Bonchev–Trinajstić information content (AvgIpc) is 2.57. The molecule has 0 aliphatic carbocycles. The van der Waals surface area contributed by atoms with Gasteiger partial charge in [0.25, 0.3) is 0 Å². The number of anilines is 1. The van der Waals surface area contributed by atoms with Crippen LogP contribution in [0.3, 0.4) is 0 Å². The summed E-state index contributed by atoms with van der Waals surface area (Å²) in [5.74, 6) is -0.642. The largest absolute Gasteiger partial charge is 0.338 e. The van der Waals surface area contributed by atoms with Crippen LogP contribution in [0.5, 0.6) is 0 Å². The number of aryl methyl sites for hydroxylation is 1. The summed E-state index contributed by atoms with van der Waals surface area (Å²) in [7, 11) is 1.66. The lowest BCUT2D eigenvalue weighted by Crippen LogP contribution is -2.44. The van der Waals surface area contributed by atoms with E-state index in [0.29, 0.717) is 24.2 Å². The minimum absolute atomic E-state index is 0.0491. The van der Waals surface area contributed by atoms with Gasteiger partial charge in [-0.1, -0.05) is 18.2 Å². The number of aromatic nitrogens is 1. The van der Waals surface area contributed by atoms with Crippen LogP contribution in [0.4, 0.5) is 10.2 Å². The molecule has 6 heteroatoms. The number of rotatable bonds is 3. The van der Waals surface area contributed by atoms with E-state index in [1.807, 2.05) is 19.1 Å². The Morgan fingerprint density at radius 2 is 2.04 bits per heavy atom. The number of carbonyl (C=O) groups excluding carboxylic acids is 2. The van der Waals surface area contributed by atoms with Gasteiger partial charge in [0.2, 0.25) is 11.8 Å². The summed E-state index contributed by atoms with van der Waals surface area (Å²) in [5, 5.41) is 2.82. The maximum atomic E-state index is 13.7. The summed E-state index contributed by atoms with van der Waals surface area (Å²) >= 11 is 0. The molecule has 1 aliphatic heterocycles. The van der Waals surface area contributed by atoms with Gasteiger partial charge in [0.1, 0.15) is 11.6 Å². The third-order valence-electron chi connectivity index (χ3n) is 4.53. The molecule has 2 heterocycles. The molecule has 0 saturated carbocycles. The van der Waals surface area contributed by atoms with Gasteiger partial charge in [-0.3, -0.25) is 9.59 Å². The highest BCUT2D eigenvalue weighted by Crippen LogP contribution is 2.36. The molecular formula is C19H20FN3O2. The summed E-state index contributed by atoms with van der Waals surface area (Å²) in [5.41, 5.74) is 1.42. The summed E-state index contributed by atoms with van der Waals surface area (Å²) in [6.07, 6.45) is 0.712. The molecule has 0 radical (unpaired) electrons. The van der Waals surface area contributed by atoms with Gasteiger partial charge >= 0.3 is 0 Å². The lowest BCUT2D eigenvalue weighted by Gasteiger charge is -2.38. The highest BCUT2D eigenvalue weighted by atomic mass is 19.1. The van der Waals surface area contributed by atoms with Crippen LogP contribution < -0.4 is 5.32 Å². The Morgan fingerprint density at radius 3 is 2.76 bits per heavy atom. The van der Waals surface area contributed by atoms with Crippen LogP contribution in [-0.2, 0) is 9.59 Å². The minimum Gasteiger partial charge on any atom is -0.338 e. The van der Waals surface area contributed by atoms with Crippen molar-refractivity contribution in [2.75, 3.05) is 12.4 Å². The summed E-state index contributed by atoms with van der Waals surface area (Å²) in [6.45, 7) is 1.85. The molecule has 2 amide bonds. The highest BCUT2D eigenvalue weighted by Gasteiger charge is 2.39. The minimum atomic E-state index is -0.498. The maximum absolute atomic E-state index is 13.7. The number of hydrogen-bond donors (Lipinski definition) is 1. The molecule has 1 aromatic heterocycles. The second kappa shape index (κ2) is 7.01. The Balaban J connectivity index is 1.89. The molecule has 0 bridgehead atoms. The molecule has 2 unspecified atom stereocenters. The van der Waals surface area contributed by atoms with Gasteiger partial charge < -0.3 is 10.2 Å². The van der Waals surface area contributed by atoms with Crippen LogP contribution in [0.15, 0.2) is 42.5 Å². The molecule has 5 nitrogen and oxygen atoms in total. The van der Waals surface area contributed by atoms with Crippen molar-refractivity contribution in [1.29, 1.82) is 0 Å². The van der Waals surface area contributed by atoms with Crippen LogP contribution >= 0.6 is 0 Å². The monoisotopic (exact) mass is 341 g/mol. The van der Waals surface area contributed by atoms with E-state index in [0.717, 1.165) is 5.69 Å². The van der Waals surface area contributed by atoms with Crippen molar-refractivity contribution in [3.8, 4) is 0 Å². The van der Waals surface area contributed by atoms with Crippen LogP contribution in [0.2, 0.25) is 0 Å². The van der Waals surface area contributed by atoms with E-state index >= 15 is 0 Å². The van der Waals surface area contributed by atoms with Crippen LogP contribution in [0, 0.1) is 18.7 Å². The van der Waals surface area contributed by atoms with E-state index in [2.05, 4.69) is 10.3 Å². The number of pyridine rings is 1. The van der Waals surface area contributed by atoms with Crippen molar-refractivity contribution in [2.45, 2.75) is 25.8 Å². The van der Waals surface area contributed by atoms with Crippen molar-refractivity contribution in [2.24, 2.45) is 5.92 Å². The molecule has 1 aromatic carbocycles. The summed E-state index contributed by atoms with van der Waals surface area (Å²) < 4.78 is 13.7. The molecule has 25 heavy (non-hydrogen) atoms. The van der Waals surface area contributed by atoms with Gasteiger partial charge in [-0.15, -0.1) is 0 Å². The molecule has 0 spiro atoms. The van der Waals surface area contributed by atoms with Crippen molar-refractivity contribution in [3.63, 3.8) is 0 Å². The SMILES string of the molecule is Cc1cccc(NC(=O)C2CCC(=O)N(C)C2c2cccc(F)c2)n1. The smallest absolute Gasteiger partial charge is 0.231 e. The normalized spacial score (nSPS) is 20.4. The van der Waals surface area contributed by atoms with E-state index in [1.165, 1.54) is 17.0 Å². The second-order valence-corrected chi connectivity index (χ2v) is 6.30. The zero-order valence-electron chi connectivity index (χ0n) is 14.2. The van der Waals surface area contributed by atoms with Crippen LogP contribution in [0.1, 0.15) is 30.1 Å². The van der Waals surface area contributed by atoms with Crippen molar-refractivity contribution in [1.82, 2.24) is 9.88 Å². The summed E-state index contributed by atoms with van der Waals surface area (Å²) in [6, 6.07) is 11.0. The lowest BCUT2D eigenvalue weighted by molar-refractivity contribution is -0.140. The molecule has 1 saturated heterocycles. The van der Waals surface area contributed by atoms with E-state index in [9.17, 15) is 14.0 Å². The number of amides is 2. The van der Waals surface area contributed by atoms with Crippen molar-refractivity contribution < 1.29 is 14.0 Å². The highest BCUT2D eigenvalue weighted by molar-refractivity contribution is 5.94. The topological polar surface area (TPSA) is 62.3 Å². The van der Waals surface area contributed by atoms with Gasteiger partial charge in [-0.05, 0) is 43.2 Å². The number of nitrogens with one attached hydrogen (secondary N) is 1. The first-order valence-electron chi connectivity index (χ1n) is 8.21.